The Hall–Kier alpha value is -6.44. The van der Waals surface area contributed by atoms with Crippen LogP contribution in [0.2, 0.25) is 0 Å². The fraction of sp³-hybridized carbons (Fsp3) is 0.0588. The fourth-order valence-corrected chi connectivity index (χ4v) is 7.04. The van der Waals surface area contributed by atoms with Crippen LogP contribution in [0.5, 0.6) is 0 Å². The Balaban J connectivity index is 1.35. The van der Waals surface area contributed by atoms with Crippen molar-refractivity contribution in [3.8, 4) is 44.5 Å². The first-order valence-electron chi connectivity index (χ1n) is 29.9. The standard InChI is InChI=1S/C51H34O/c1-51(2)45-21-10-9-16-37(45)38-25-23-33(30-46(38)51)32-13-11-14-34(28-32)48-39-17-5-7-19-41(39)49(42-20-8-6-18-40(42)48)35-24-27-47-44(29-35)43-26-22-31-12-3-4-15-36(31)50(43)52-47/h3-30H,1-2H3/i3D,4D,5D,6D,7D,8D,9D,10D,11D,12D,13D,14D,15D,16D,17D,18D,19D,20D,21D,22D,23D,24D,25D,26D,27D,28D,29D,30D. The zero-order chi connectivity index (χ0) is 58.9. The summed E-state index contributed by atoms with van der Waals surface area (Å²) in [4.78, 5) is 0. The molecule has 0 unspecified atom stereocenters. The maximum Gasteiger partial charge on any atom is 0.143 e. The van der Waals surface area contributed by atoms with E-state index in [1.54, 1.807) is 0 Å². The minimum Gasteiger partial charge on any atom is -0.455 e. The molecule has 11 rings (SSSR count). The number of furan rings is 1. The lowest BCUT2D eigenvalue weighted by Crippen LogP contribution is -2.14. The van der Waals surface area contributed by atoms with Gasteiger partial charge in [-0.3, -0.25) is 0 Å². The van der Waals surface area contributed by atoms with Gasteiger partial charge in [-0.25, -0.2) is 0 Å². The first-order valence-corrected chi connectivity index (χ1v) is 15.9. The molecule has 244 valence electrons. The van der Waals surface area contributed by atoms with Crippen LogP contribution >= 0.6 is 0 Å². The van der Waals surface area contributed by atoms with Crippen LogP contribution < -0.4 is 0 Å². The van der Waals surface area contributed by atoms with Crippen molar-refractivity contribution in [3.63, 3.8) is 0 Å². The molecule has 0 fully saturated rings. The molecule has 0 N–H and O–H groups in total. The highest BCUT2D eigenvalue weighted by atomic mass is 16.3. The lowest BCUT2D eigenvalue weighted by Gasteiger charge is -2.22. The Kier molecular flexibility index (Phi) is 2.69. The first-order chi connectivity index (χ1) is 37.2. The highest BCUT2D eigenvalue weighted by Gasteiger charge is 2.35. The van der Waals surface area contributed by atoms with Crippen molar-refractivity contribution in [2.75, 3.05) is 0 Å². The summed E-state index contributed by atoms with van der Waals surface area (Å²) < 4.78 is 262. The summed E-state index contributed by atoms with van der Waals surface area (Å²) in [5.74, 6) is 0. The van der Waals surface area contributed by atoms with Crippen LogP contribution in [-0.4, -0.2) is 0 Å². The molecule has 0 radical (unpaired) electrons. The highest BCUT2D eigenvalue weighted by Crippen LogP contribution is 2.50. The number of hydrogen-bond donors (Lipinski definition) is 0. The van der Waals surface area contributed by atoms with Crippen molar-refractivity contribution in [1.82, 2.24) is 0 Å². The molecular formula is C51H34O. The average Bonchev–Trinajstić information content (AvgIpc) is 4.02. The second-order valence-corrected chi connectivity index (χ2v) is 12.6. The second kappa shape index (κ2) is 10.8. The summed E-state index contributed by atoms with van der Waals surface area (Å²) in [5.41, 5.74) is -7.67. The van der Waals surface area contributed by atoms with Crippen molar-refractivity contribution >= 4 is 54.3 Å². The van der Waals surface area contributed by atoms with Gasteiger partial charge in [-0.15, -0.1) is 0 Å². The zero-order valence-corrected chi connectivity index (χ0v) is 26.9. The van der Waals surface area contributed by atoms with E-state index in [-0.39, 0.29) is 22.3 Å². The normalized spacial score (nSPS) is 20.9. The summed E-state index contributed by atoms with van der Waals surface area (Å²) >= 11 is 0. The average molecular weight is 691 g/mol. The van der Waals surface area contributed by atoms with Gasteiger partial charge in [-0.2, -0.15) is 0 Å². The van der Waals surface area contributed by atoms with Crippen molar-refractivity contribution < 1.29 is 42.8 Å². The van der Waals surface area contributed by atoms with E-state index in [2.05, 4.69) is 0 Å². The lowest BCUT2D eigenvalue weighted by molar-refractivity contribution is 0.660. The Labute approximate surface area is 341 Å². The van der Waals surface area contributed by atoms with Crippen LogP contribution in [0.25, 0.3) is 98.8 Å². The molecule has 0 spiro atoms. The van der Waals surface area contributed by atoms with Gasteiger partial charge < -0.3 is 4.42 Å². The number of hydrogen-bond acceptors (Lipinski definition) is 1. The summed E-state index contributed by atoms with van der Waals surface area (Å²) in [6, 6.07) is -23.9. The smallest absolute Gasteiger partial charge is 0.143 e. The van der Waals surface area contributed by atoms with Crippen LogP contribution in [0.15, 0.2) is 174 Å². The molecule has 0 saturated heterocycles. The fourth-order valence-electron chi connectivity index (χ4n) is 7.04. The molecule has 1 aliphatic carbocycles. The van der Waals surface area contributed by atoms with E-state index in [1.165, 1.54) is 13.8 Å². The summed E-state index contributed by atoms with van der Waals surface area (Å²) in [7, 11) is 0. The number of rotatable bonds is 3. The third-order valence-corrected chi connectivity index (χ3v) is 9.44. The van der Waals surface area contributed by atoms with E-state index >= 15 is 0 Å². The van der Waals surface area contributed by atoms with Crippen molar-refractivity contribution in [2.45, 2.75) is 19.3 Å². The Bertz CT molecular complexity index is 4630. The third-order valence-electron chi connectivity index (χ3n) is 9.44. The molecule has 10 aromatic rings. The summed E-state index contributed by atoms with van der Waals surface area (Å²) in [6.07, 6.45) is 0. The van der Waals surface area contributed by atoms with Crippen LogP contribution in [0.4, 0.5) is 0 Å². The van der Waals surface area contributed by atoms with Gasteiger partial charge in [0.05, 0.1) is 38.4 Å². The van der Waals surface area contributed by atoms with Crippen molar-refractivity contribution in [1.29, 1.82) is 0 Å². The largest absolute Gasteiger partial charge is 0.455 e. The Morgan fingerprint density at radius 3 is 1.73 bits per heavy atom. The molecule has 1 nitrogen and oxygen atoms in total. The maximum atomic E-state index is 9.99. The van der Waals surface area contributed by atoms with Gasteiger partial charge in [0.15, 0.2) is 0 Å². The highest BCUT2D eigenvalue weighted by molar-refractivity contribution is 6.23. The van der Waals surface area contributed by atoms with Gasteiger partial charge >= 0.3 is 0 Å². The molecule has 1 heteroatoms. The molecule has 1 heterocycles. The second-order valence-electron chi connectivity index (χ2n) is 12.6. The van der Waals surface area contributed by atoms with E-state index in [0.717, 1.165) is 0 Å². The molecule has 0 aliphatic heterocycles. The van der Waals surface area contributed by atoms with Crippen molar-refractivity contribution in [2.24, 2.45) is 0 Å². The number of fused-ring (bicyclic) bond motifs is 10. The van der Waals surface area contributed by atoms with Gasteiger partial charge in [0, 0.05) is 21.6 Å². The topological polar surface area (TPSA) is 13.1 Å². The predicted octanol–water partition coefficient (Wildman–Crippen LogP) is 14.4. The third kappa shape index (κ3) is 4.11. The van der Waals surface area contributed by atoms with Crippen LogP contribution in [-0.2, 0) is 5.41 Å². The number of benzene rings is 9. The molecule has 0 amide bonds. The van der Waals surface area contributed by atoms with E-state index in [0.29, 0.717) is 0 Å². The molecular weight excluding hydrogens is 629 g/mol. The molecule has 1 aromatic heterocycles. The van der Waals surface area contributed by atoms with E-state index in [4.69, 9.17) is 23.6 Å². The van der Waals surface area contributed by atoms with Crippen molar-refractivity contribution in [3.05, 3.63) is 180 Å². The Morgan fingerprint density at radius 2 is 0.981 bits per heavy atom. The monoisotopic (exact) mass is 690 g/mol. The van der Waals surface area contributed by atoms with Gasteiger partial charge in [0.1, 0.15) is 11.2 Å². The quantitative estimate of drug-likeness (QED) is 0.168. The molecule has 0 atom stereocenters. The van der Waals surface area contributed by atoms with E-state index in [9.17, 15) is 19.2 Å². The molecule has 0 bridgehead atoms. The first kappa shape index (κ1) is 13.0. The lowest BCUT2D eigenvalue weighted by atomic mass is 9.81. The van der Waals surface area contributed by atoms with Crippen LogP contribution in [0, 0.1) is 0 Å². The Morgan fingerprint density at radius 1 is 0.404 bits per heavy atom. The molecule has 0 saturated carbocycles. The van der Waals surface area contributed by atoms with Gasteiger partial charge in [-0.05, 0) is 113 Å². The SMILES string of the molecule is [2H]c1c([2H])c(-c2c([2H])c([2H])c3c(c2[2H])C(C)(C)c2c([2H])c([2H])c([2H])c([2H])c2-3)c([2H])c(-c2c3c([2H])c([2H])c([2H])c([2H])c3c(-c3c([2H])c([2H])c4oc5c6c([2H])c([2H])c([2H])c([2H])c6c([2H])c([2H])c5c4c3[2H])c3c([2H])c([2H])c([2H])c([2H])c23)c1[2H]. The minimum absolute atomic E-state index is 0.0196. The predicted molar refractivity (Wildman–Crippen MR) is 220 cm³/mol. The molecule has 1 aliphatic rings. The van der Waals surface area contributed by atoms with Crippen LogP contribution in [0.1, 0.15) is 63.4 Å². The molecule has 9 aromatic carbocycles. The summed E-state index contributed by atoms with van der Waals surface area (Å²) in [5, 5.41) is -4.81. The zero-order valence-electron chi connectivity index (χ0n) is 54.9. The minimum atomic E-state index is -1.53. The van der Waals surface area contributed by atoms with E-state index < -0.39 is 262 Å². The van der Waals surface area contributed by atoms with Gasteiger partial charge in [-0.1, -0.05) is 153 Å². The van der Waals surface area contributed by atoms with Crippen LogP contribution in [0.3, 0.4) is 0 Å². The molecule has 52 heavy (non-hydrogen) atoms. The van der Waals surface area contributed by atoms with Gasteiger partial charge in [0.2, 0.25) is 0 Å². The maximum absolute atomic E-state index is 9.99. The van der Waals surface area contributed by atoms with E-state index in [1.807, 2.05) is 0 Å². The summed E-state index contributed by atoms with van der Waals surface area (Å²) in [6.45, 7) is 3.01. The van der Waals surface area contributed by atoms with Gasteiger partial charge in [0.25, 0.3) is 0 Å².